The van der Waals surface area contributed by atoms with Gasteiger partial charge in [0.2, 0.25) is 5.91 Å². The largest absolute Gasteiger partial charge is 0.462 e. The number of hydrogen-bond acceptors (Lipinski definition) is 6. The second-order valence-electron chi connectivity index (χ2n) is 8.18. The molecule has 3 rings (SSSR count). The van der Waals surface area contributed by atoms with Gasteiger partial charge in [-0.05, 0) is 13.8 Å². The Bertz CT molecular complexity index is 905. The number of fused-ring (bicyclic) bond motifs is 1. The molecule has 0 radical (unpaired) electrons. The maximum Gasteiger partial charge on any atom is 0.341 e. The van der Waals surface area contributed by atoms with Crippen LogP contribution in [0.5, 0.6) is 0 Å². The Morgan fingerprint density at radius 3 is 2.39 bits per heavy atom. The first-order chi connectivity index (χ1) is 13.1. The molecule has 0 N–H and O–H groups in total. The summed E-state index contributed by atoms with van der Waals surface area (Å²) in [5, 5.41) is 5.34. The lowest BCUT2D eigenvalue weighted by Gasteiger charge is -2.39. The smallest absolute Gasteiger partial charge is 0.341 e. The number of pyridine rings is 1. The highest BCUT2D eigenvalue weighted by Gasteiger charge is 2.32. The van der Waals surface area contributed by atoms with Crippen molar-refractivity contribution in [2.75, 3.05) is 37.7 Å². The normalized spacial score (nSPS) is 15.2. The average Bonchev–Trinajstić information content (AvgIpc) is 2.94. The van der Waals surface area contributed by atoms with Gasteiger partial charge in [0.1, 0.15) is 5.56 Å². The summed E-state index contributed by atoms with van der Waals surface area (Å²) in [7, 11) is 1.84. The van der Waals surface area contributed by atoms with Crippen LogP contribution in [0, 0.1) is 12.3 Å². The van der Waals surface area contributed by atoms with E-state index < -0.39 is 5.41 Å². The van der Waals surface area contributed by atoms with Crippen LogP contribution in [0.4, 0.5) is 5.69 Å². The van der Waals surface area contributed by atoms with Crippen LogP contribution >= 0.6 is 0 Å². The lowest BCUT2D eigenvalue weighted by Crippen LogP contribution is -2.52. The number of carbonyl (C=O) groups excluding carboxylic acids is 2. The molecule has 3 heterocycles. The fraction of sp³-hybridized carbons (Fsp3) is 0.600. The number of carbonyl (C=O) groups is 2. The lowest BCUT2D eigenvalue weighted by atomic mass is 9.94. The molecule has 8 heteroatoms. The molecule has 0 spiro atoms. The van der Waals surface area contributed by atoms with E-state index in [2.05, 4.69) is 15.0 Å². The molecular weight excluding hydrogens is 358 g/mol. The van der Waals surface area contributed by atoms with Gasteiger partial charge in [0.15, 0.2) is 5.65 Å². The minimum Gasteiger partial charge on any atom is -0.462 e. The number of nitrogens with zero attached hydrogens (tertiary/aromatic N) is 5. The molecule has 2 aromatic heterocycles. The zero-order valence-electron chi connectivity index (χ0n) is 17.6. The van der Waals surface area contributed by atoms with Crippen LogP contribution in [0.2, 0.25) is 0 Å². The zero-order valence-corrected chi connectivity index (χ0v) is 17.6. The SMILES string of the molecule is CCOC(=O)c1cnc2c(c(C)nn2C)c1N1CCN(C(=O)C(C)(C)C)CC1. The van der Waals surface area contributed by atoms with Crippen LogP contribution in [0.3, 0.4) is 0 Å². The van der Waals surface area contributed by atoms with Crippen molar-refractivity contribution in [1.82, 2.24) is 19.7 Å². The van der Waals surface area contributed by atoms with Gasteiger partial charge in [0.25, 0.3) is 0 Å². The first kappa shape index (κ1) is 20.1. The van der Waals surface area contributed by atoms with Gasteiger partial charge in [-0.25, -0.2) is 9.78 Å². The Labute approximate surface area is 165 Å². The monoisotopic (exact) mass is 387 g/mol. The Kier molecular flexibility index (Phi) is 5.32. The van der Waals surface area contributed by atoms with Crippen LogP contribution in [0.1, 0.15) is 43.7 Å². The van der Waals surface area contributed by atoms with Crippen molar-refractivity contribution in [3.05, 3.63) is 17.5 Å². The van der Waals surface area contributed by atoms with Gasteiger partial charge in [-0.3, -0.25) is 9.48 Å². The van der Waals surface area contributed by atoms with E-state index in [9.17, 15) is 9.59 Å². The van der Waals surface area contributed by atoms with Crippen LogP contribution < -0.4 is 4.90 Å². The number of aryl methyl sites for hydroxylation is 2. The summed E-state index contributed by atoms with van der Waals surface area (Å²) in [6, 6.07) is 0. The van der Waals surface area contributed by atoms with E-state index >= 15 is 0 Å². The molecule has 1 aliphatic rings. The van der Waals surface area contributed by atoms with Gasteiger partial charge >= 0.3 is 5.97 Å². The molecule has 0 unspecified atom stereocenters. The molecule has 152 valence electrons. The van der Waals surface area contributed by atoms with E-state index in [1.54, 1.807) is 17.8 Å². The molecule has 0 atom stereocenters. The summed E-state index contributed by atoms with van der Waals surface area (Å²) in [4.78, 5) is 33.7. The van der Waals surface area contributed by atoms with Gasteiger partial charge in [-0.15, -0.1) is 0 Å². The van der Waals surface area contributed by atoms with Crippen LogP contribution in [0.15, 0.2) is 6.20 Å². The Morgan fingerprint density at radius 2 is 1.82 bits per heavy atom. The Morgan fingerprint density at radius 1 is 1.18 bits per heavy atom. The minimum atomic E-state index is -0.401. The number of ether oxygens (including phenoxy) is 1. The third-order valence-electron chi connectivity index (χ3n) is 5.02. The maximum absolute atomic E-state index is 12.6. The summed E-state index contributed by atoms with van der Waals surface area (Å²) in [6.45, 7) is 12.3. The average molecular weight is 387 g/mol. The molecule has 28 heavy (non-hydrogen) atoms. The highest BCUT2D eigenvalue weighted by molar-refractivity contribution is 6.05. The predicted molar refractivity (Wildman–Crippen MR) is 107 cm³/mol. The lowest BCUT2D eigenvalue weighted by molar-refractivity contribution is -0.139. The van der Waals surface area contributed by atoms with Crippen LogP contribution in [-0.2, 0) is 16.6 Å². The van der Waals surface area contributed by atoms with E-state index in [0.717, 1.165) is 22.4 Å². The second kappa shape index (κ2) is 7.41. The molecule has 0 saturated carbocycles. The molecular formula is C20H29N5O3. The molecule has 1 amide bonds. The molecule has 0 bridgehead atoms. The standard InChI is InChI=1S/C20H29N5O3/c1-7-28-18(26)14-12-21-17-15(13(2)22-23(17)6)16(14)24-8-10-25(11-9-24)19(27)20(3,4)5/h12H,7-11H2,1-6H3. The third-order valence-corrected chi connectivity index (χ3v) is 5.02. The van der Waals surface area contributed by atoms with Crippen molar-refractivity contribution in [2.45, 2.75) is 34.6 Å². The van der Waals surface area contributed by atoms with Gasteiger partial charge in [-0.2, -0.15) is 5.10 Å². The molecule has 0 aromatic carbocycles. The second-order valence-corrected chi connectivity index (χ2v) is 8.18. The topological polar surface area (TPSA) is 80.6 Å². The van der Waals surface area contributed by atoms with Crippen LogP contribution in [0.25, 0.3) is 11.0 Å². The summed E-state index contributed by atoms with van der Waals surface area (Å²) >= 11 is 0. The van der Waals surface area contributed by atoms with E-state index in [-0.39, 0.29) is 11.9 Å². The highest BCUT2D eigenvalue weighted by Crippen LogP contribution is 2.33. The number of amides is 1. The van der Waals surface area contributed by atoms with Gasteiger partial charge in [0.05, 0.1) is 23.4 Å². The van der Waals surface area contributed by atoms with Gasteiger partial charge in [0, 0.05) is 44.8 Å². The first-order valence-electron chi connectivity index (χ1n) is 9.69. The molecule has 1 aliphatic heterocycles. The fourth-order valence-corrected chi connectivity index (χ4v) is 3.69. The number of hydrogen-bond donors (Lipinski definition) is 0. The first-order valence-corrected chi connectivity index (χ1v) is 9.69. The van der Waals surface area contributed by atoms with Crippen molar-refractivity contribution in [1.29, 1.82) is 0 Å². The summed E-state index contributed by atoms with van der Waals surface area (Å²) in [6.07, 6.45) is 1.57. The van der Waals surface area contributed by atoms with Crippen molar-refractivity contribution in [2.24, 2.45) is 12.5 Å². The van der Waals surface area contributed by atoms with Gasteiger partial charge in [-0.1, -0.05) is 20.8 Å². The van der Waals surface area contributed by atoms with E-state index in [0.29, 0.717) is 38.3 Å². The van der Waals surface area contributed by atoms with E-state index in [4.69, 9.17) is 4.74 Å². The van der Waals surface area contributed by atoms with Crippen molar-refractivity contribution >= 4 is 28.6 Å². The van der Waals surface area contributed by atoms with Gasteiger partial charge < -0.3 is 14.5 Å². The highest BCUT2D eigenvalue weighted by atomic mass is 16.5. The molecule has 1 fully saturated rings. The molecule has 1 saturated heterocycles. The number of esters is 1. The van der Waals surface area contributed by atoms with E-state index in [1.807, 2.05) is 39.6 Å². The zero-order chi connectivity index (χ0) is 20.6. The molecule has 2 aromatic rings. The summed E-state index contributed by atoms with van der Waals surface area (Å²) in [5.74, 6) is -0.237. The number of aromatic nitrogens is 3. The van der Waals surface area contributed by atoms with Crippen LogP contribution in [-0.4, -0.2) is 64.3 Å². The minimum absolute atomic E-state index is 0.148. The number of piperazine rings is 1. The summed E-state index contributed by atoms with van der Waals surface area (Å²) in [5.41, 5.74) is 2.40. The maximum atomic E-state index is 12.6. The fourth-order valence-electron chi connectivity index (χ4n) is 3.69. The third kappa shape index (κ3) is 3.55. The van der Waals surface area contributed by atoms with Crippen molar-refractivity contribution in [3.8, 4) is 0 Å². The Hall–Kier alpha value is -2.64. The Balaban J connectivity index is 1.99. The predicted octanol–water partition coefficient (Wildman–Crippen LogP) is 2.15. The number of rotatable bonds is 3. The van der Waals surface area contributed by atoms with E-state index in [1.165, 1.54) is 0 Å². The molecule has 8 nitrogen and oxygen atoms in total. The number of anilines is 1. The van der Waals surface area contributed by atoms with Crippen molar-refractivity contribution < 1.29 is 14.3 Å². The van der Waals surface area contributed by atoms with Crippen molar-refractivity contribution in [3.63, 3.8) is 0 Å². The molecule has 0 aliphatic carbocycles. The summed E-state index contributed by atoms with van der Waals surface area (Å²) < 4.78 is 6.99. The quantitative estimate of drug-likeness (QED) is 0.751.